The Balaban J connectivity index is 1.65. The molecule has 0 saturated carbocycles. The molecule has 2 fully saturated rings. The van der Waals surface area contributed by atoms with Gasteiger partial charge in [0, 0.05) is 6.54 Å². The Morgan fingerprint density at radius 3 is 2.70 bits per heavy atom. The smallest absolute Gasteiger partial charge is 0.251 e. The molecule has 0 spiro atoms. The fourth-order valence-electron chi connectivity index (χ4n) is 3.10. The summed E-state index contributed by atoms with van der Waals surface area (Å²) < 4.78 is 5.31. The van der Waals surface area contributed by atoms with Crippen molar-refractivity contribution in [1.82, 2.24) is 10.2 Å². The monoisotopic (exact) mass is 318 g/mol. The predicted octanol–water partition coefficient (Wildman–Crippen LogP) is 0.402. The second kappa shape index (κ2) is 6.68. The number of rotatable bonds is 4. The number of aliphatic hydroxyl groups excluding tert-OH is 1. The van der Waals surface area contributed by atoms with E-state index in [9.17, 15) is 14.7 Å². The van der Waals surface area contributed by atoms with Crippen LogP contribution in [0.25, 0.3) is 0 Å². The third kappa shape index (κ3) is 3.38. The van der Waals surface area contributed by atoms with Crippen LogP contribution in [0.5, 0.6) is 0 Å². The maximum atomic E-state index is 12.4. The lowest BCUT2D eigenvalue weighted by Crippen LogP contribution is -2.61. The molecular formula is C17H22N2O4. The van der Waals surface area contributed by atoms with Crippen molar-refractivity contribution >= 4 is 11.8 Å². The molecule has 0 radical (unpaired) electrons. The van der Waals surface area contributed by atoms with Crippen LogP contribution in [0.4, 0.5) is 0 Å². The van der Waals surface area contributed by atoms with Crippen molar-refractivity contribution in [2.75, 3.05) is 26.3 Å². The van der Waals surface area contributed by atoms with Crippen LogP contribution in [0.1, 0.15) is 24.8 Å². The van der Waals surface area contributed by atoms with Gasteiger partial charge in [-0.3, -0.25) is 9.59 Å². The first-order valence-electron chi connectivity index (χ1n) is 8.02. The molecule has 1 atom stereocenters. The molecule has 6 heteroatoms. The second-order valence-electron chi connectivity index (χ2n) is 6.26. The number of likely N-dealkylation sites (tertiary alicyclic amines) is 1. The van der Waals surface area contributed by atoms with Crippen molar-refractivity contribution in [2.24, 2.45) is 0 Å². The van der Waals surface area contributed by atoms with Crippen LogP contribution in [0.2, 0.25) is 0 Å². The molecule has 1 unspecified atom stereocenters. The molecule has 0 aromatic heterocycles. The summed E-state index contributed by atoms with van der Waals surface area (Å²) in [5.74, 6) is -0.573. The highest BCUT2D eigenvalue weighted by molar-refractivity contribution is 5.87. The van der Waals surface area contributed by atoms with E-state index in [-0.39, 0.29) is 18.4 Å². The van der Waals surface area contributed by atoms with Crippen molar-refractivity contribution in [1.29, 1.82) is 0 Å². The minimum atomic E-state index is -0.986. The normalized spacial score (nSPS) is 23.8. The Hall–Kier alpha value is -1.92. The lowest BCUT2D eigenvalue weighted by molar-refractivity contribution is -0.145. The molecule has 124 valence electrons. The number of hydrogen-bond donors (Lipinski definition) is 2. The molecule has 2 aliphatic heterocycles. The van der Waals surface area contributed by atoms with E-state index in [4.69, 9.17) is 4.74 Å². The fraction of sp³-hybridized carbons (Fsp3) is 0.529. The molecule has 0 aliphatic carbocycles. The van der Waals surface area contributed by atoms with Gasteiger partial charge < -0.3 is 20.1 Å². The predicted molar refractivity (Wildman–Crippen MR) is 83.5 cm³/mol. The first-order chi connectivity index (χ1) is 11.1. The Bertz CT molecular complexity index is 571. The number of carbonyl (C=O) groups is 2. The Labute approximate surface area is 135 Å². The summed E-state index contributed by atoms with van der Waals surface area (Å²) in [4.78, 5) is 25.9. The van der Waals surface area contributed by atoms with Crippen LogP contribution in [-0.4, -0.2) is 54.2 Å². The van der Waals surface area contributed by atoms with E-state index in [2.05, 4.69) is 5.32 Å². The second-order valence-corrected chi connectivity index (χ2v) is 6.26. The van der Waals surface area contributed by atoms with Crippen LogP contribution < -0.4 is 5.32 Å². The van der Waals surface area contributed by atoms with Gasteiger partial charge in [0.2, 0.25) is 5.91 Å². The first kappa shape index (κ1) is 16.0. The zero-order chi connectivity index (χ0) is 16.3. The highest BCUT2D eigenvalue weighted by Gasteiger charge is 2.42. The number of aliphatic hydroxyl groups is 1. The van der Waals surface area contributed by atoms with Gasteiger partial charge in [-0.1, -0.05) is 30.3 Å². The highest BCUT2D eigenvalue weighted by atomic mass is 16.5. The van der Waals surface area contributed by atoms with Crippen LogP contribution in [0, 0.1) is 0 Å². The summed E-state index contributed by atoms with van der Waals surface area (Å²) in [7, 11) is 0. The average Bonchev–Trinajstić information content (AvgIpc) is 2.67. The molecule has 2 amide bonds. The summed E-state index contributed by atoms with van der Waals surface area (Å²) >= 11 is 0. The van der Waals surface area contributed by atoms with Gasteiger partial charge in [0.1, 0.15) is 11.6 Å². The minimum absolute atomic E-state index is 0.0233. The molecule has 2 N–H and O–H groups in total. The molecule has 2 heterocycles. The summed E-state index contributed by atoms with van der Waals surface area (Å²) in [6.45, 7) is 1.35. The highest BCUT2D eigenvalue weighted by Crippen LogP contribution is 2.29. The standard InChI is InChI=1S/C17H22N2O4/c20-14-8-4-5-9-19(16(14)22)10-15(21)18-17(11-23-12-17)13-6-2-1-3-7-13/h1-3,6-7,14,20H,4-5,8-12H2,(H,18,21). The van der Waals surface area contributed by atoms with Gasteiger partial charge in [0.05, 0.1) is 19.8 Å². The quantitative estimate of drug-likeness (QED) is 0.842. The van der Waals surface area contributed by atoms with E-state index < -0.39 is 11.6 Å². The average molecular weight is 318 g/mol. The molecule has 23 heavy (non-hydrogen) atoms. The van der Waals surface area contributed by atoms with Gasteiger partial charge in [0.15, 0.2) is 0 Å². The van der Waals surface area contributed by atoms with E-state index in [1.807, 2.05) is 30.3 Å². The lowest BCUT2D eigenvalue weighted by atomic mass is 9.88. The van der Waals surface area contributed by atoms with Gasteiger partial charge in [-0.2, -0.15) is 0 Å². The van der Waals surface area contributed by atoms with Crippen LogP contribution in [0.15, 0.2) is 30.3 Å². The van der Waals surface area contributed by atoms with Gasteiger partial charge in [-0.05, 0) is 24.8 Å². The van der Waals surface area contributed by atoms with E-state index >= 15 is 0 Å². The maximum Gasteiger partial charge on any atom is 0.251 e. The van der Waals surface area contributed by atoms with E-state index in [0.29, 0.717) is 26.2 Å². The number of nitrogens with one attached hydrogen (secondary N) is 1. The largest absolute Gasteiger partial charge is 0.383 e. The molecule has 2 saturated heterocycles. The summed E-state index contributed by atoms with van der Waals surface area (Å²) in [6.07, 6.45) is 1.09. The molecule has 1 aromatic carbocycles. The maximum absolute atomic E-state index is 12.4. The number of amides is 2. The Morgan fingerprint density at radius 1 is 1.30 bits per heavy atom. The molecular weight excluding hydrogens is 296 g/mol. The summed E-state index contributed by atoms with van der Waals surface area (Å²) in [5.41, 5.74) is 0.494. The summed E-state index contributed by atoms with van der Waals surface area (Å²) in [6, 6.07) is 9.70. The number of ether oxygens (including phenoxy) is 1. The van der Waals surface area contributed by atoms with Gasteiger partial charge in [0.25, 0.3) is 5.91 Å². The Kier molecular flexibility index (Phi) is 4.63. The van der Waals surface area contributed by atoms with Crippen molar-refractivity contribution in [3.8, 4) is 0 Å². The number of nitrogens with zero attached hydrogens (tertiary/aromatic N) is 1. The van der Waals surface area contributed by atoms with E-state index in [1.165, 1.54) is 4.90 Å². The summed E-state index contributed by atoms with van der Waals surface area (Å²) in [5, 5.41) is 12.8. The van der Waals surface area contributed by atoms with Crippen LogP contribution >= 0.6 is 0 Å². The first-order valence-corrected chi connectivity index (χ1v) is 8.02. The molecule has 3 rings (SSSR count). The SMILES string of the molecule is O=C(CN1CCCCC(O)C1=O)NC1(c2ccccc2)COC1. The Morgan fingerprint density at radius 2 is 2.04 bits per heavy atom. The third-order valence-corrected chi connectivity index (χ3v) is 4.49. The zero-order valence-corrected chi connectivity index (χ0v) is 13.0. The zero-order valence-electron chi connectivity index (χ0n) is 13.0. The lowest BCUT2D eigenvalue weighted by Gasteiger charge is -2.42. The third-order valence-electron chi connectivity index (χ3n) is 4.49. The van der Waals surface area contributed by atoms with Crippen molar-refractivity contribution in [3.63, 3.8) is 0 Å². The molecule has 2 aliphatic rings. The van der Waals surface area contributed by atoms with Gasteiger partial charge in [-0.15, -0.1) is 0 Å². The van der Waals surface area contributed by atoms with Crippen molar-refractivity contribution < 1.29 is 19.4 Å². The fourth-order valence-corrected chi connectivity index (χ4v) is 3.10. The van der Waals surface area contributed by atoms with Crippen LogP contribution in [-0.2, 0) is 19.9 Å². The van der Waals surface area contributed by atoms with E-state index in [0.717, 1.165) is 18.4 Å². The molecule has 0 bridgehead atoms. The number of carbonyl (C=O) groups excluding carboxylic acids is 2. The molecule has 1 aromatic rings. The minimum Gasteiger partial charge on any atom is -0.383 e. The van der Waals surface area contributed by atoms with E-state index in [1.54, 1.807) is 0 Å². The van der Waals surface area contributed by atoms with Crippen molar-refractivity contribution in [2.45, 2.75) is 30.9 Å². The number of benzene rings is 1. The topological polar surface area (TPSA) is 78.9 Å². The van der Waals surface area contributed by atoms with Gasteiger partial charge >= 0.3 is 0 Å². The van der Waals surface area contributed by atoms with Crippen molar-refractivity contribution in [3.05, 3.63) is 35.9 Å². The van der Waals surface area contributed by atoms with Gasteiger partial charge in [-0.25, -0.2) is 0 Å². The number of hydrogen-bond acceptors (Lipinski definition) is 4. The van der Waals surface area contributed by atoms with Crippen LogP contribution in [0.3, 0.4) is 0 Å². The molecule has 6 nitrogen and oxygen atoms in total.